The Hall–Kier alpha value is -2.39. The minimum absolute atomic E-state index is 0.0118. The third-order valence-corrected chi connectivity index (χ3v) is 6.27. The molecule has 7 nitrogen and oxygen atoms in total. The van der Waals surface area contributed by atoms with Crippen LogP contribution in [0.25, 0.3) is 6.08 Å². The zero-order valence-corrected chi connectivity index (χ0v) is 19.7. The van der Waals surface area contributed by atoms with Crippen molar-refractivity contribution >= 4 is 33.6 Å². The van der Waals surface area contributed by atoms with E-state index in [2.05, 4.69) is 4.72 Å². The maximum absolute atomic E-state index is 12.9. The van der Waals surface area contributed by atoms with E-state index in [1.165, 1.54) is 26.3 Å². The minimum Gasteiger partial charge on any atom is -0.495 e. The highest BCUT2D eigenvalue weighted by atomic mass is 35.5. The lowest BCUT2D eigenvalue weighted by Gasteiger charge is -2.23. The number of rotatable bonds is 10. The lowest BCUT2D eigenvalue weighted by atomic mass is 10.2. The Labute approximate surface area is 189 Å². The fraction of sp³-hybridized carbons (Fsp3) is 0.318. The smallest absolute Gasteiger partial charge is 0.246 e. The van der Waals surface area contributed by atoms with Crippen LogP contribution < -0.4 is 9.46 Å². The summed E-state index contributed by atoms with van der Waals surface area (Å²) in [4.78, 5) is 16.6. The summed E-state index contributed by atoms with van der Waals surface area (Å²) >= 11 is 5.95. The monoisotopic (exact) mass is 465 g/mol. The minimum atomic E-state index is -3.70. The van der Waals surface area contributed by atoms with Crippen LogP contribution in [0.15, 0.2) is 53.4 Å². The molecule has 0 radical (unpaired) electrons. The molecule has 0 bridgehead atoms. The van der Waals surface area contributed by atoms with Crippen molar-refractivity contribution in [2.75, 3.05) is 41.3 Å². The normalized spacial score (nSPS) is 11.8. The molecule has 0 saturated heterocycles. The van der Waals surface area contributed by atoms with Crippen LogP contribution in [0.3, 0.4) is 0 Å². The van der Waals surface area contributed by atoms with Crippen LogP contribution in [0.4, 0.5) is 0 Å². The van der Waals surface area contributed by atoms with E-state index in [0.29, 0.717) is 30.2 Å². The average molecular weight is 466 g/mol. The highest BCUT2D eigenvalue weighted by molar-refractivity contribution is 7.89. The van der Waals surface area contributed by atoms with Crippen molar-refractivity contribution in [2.45, 2.75) is 11.4 Å². The van der Waals surface area contributed by atoms with E-state index in [1.54, 1.807) is 35.2 Å². The Bertz CT molecular complexity index is 1020. The molecule has 2 rings (SSSR count). The highest BCUT2D eigenvalue weighted by Gasteiger charge is 2.18. The summed E-state index contributed by atoms with van der Waals surface area (Å²) in [6.45, 7) is 1.69. The first-order valence-corrected chi connectivity index (χ1v) is 11.5. The van der Waals surface area contributed by atoms with Gasteiger partial charge in [0, 0.05) is 30.7 Å². The van der Waals surface area contributed by atoms with E-state index in [4.69, 9.17) is 16.3 Å². The third kappa shape index (κ3) is 7.36. The first-order chi connectivity index (χ1) is 14.7. The summed E-state index contributed by atoms with van der Waals surface area (Å²) in [5, 5.41) is 0.640. The largest absolute Gasteiger partial charge is 0.495 e. The van der Waals surface area contributed by atoms with Crippen molar-refractivity contribution in [1.29, 1.82) is 0 Å². The number of benzene rings is 2. The third-order valence-electron chi connectivity index (χ3n) is 4.58. The molecule has 0 fully saturated rings. The Morgan fingerprint density at radius 1 is 1.13 bits per heavy atom. The summed E-state index contributed by atoms with van der Waals surface area (Å²) < 4.78 is 31.9. The molecule has 0 aliphatic heterocycles. The van der Waals surface area contributed by atoms with Crippen LogP contribution in [0.2, 0.25) is 5.02 Å². The number of amides is 1. The molecule has 0 spiro atoms. The van der Waals surface area contributed by atoms with E-state index in [-0.39, 0.29) is 16.6 Å². The van der Waals surface area contributed by atoms with Gasteiger partial charge in [-0.15, -0.1) is 0 Å². The van der Waals surface area contributed by atoms with Crippen LogP contribution >= 0.6 is 11.6 Å². The van der Waals surface area contributed by atoms with Crippen LogP contribution in [0.1, 0.15) is 11.1 Å². The van der Waals surface area contributed by atoms with Crippen LogP contribution in [-0.4, -0.2) is 65.5 Å². The van der Waals surface area contributed by atoms with Gasteiger partial charge in [0.1, 0.15) is 10.6 Å². The lowest BCUT2D eigenvalue weighted by Crippen LogP contribution is -2.35. The molecule has 2 aromatic carbocycles. The predicted octanol–water partition coefficient (Wildman–Crippen LogP) is 2.86. The summed E-state index contributed by atoms with van der Waals surface area (Å²) in [5.74, 6) is 0.0545. The van der Waals surface area contributed by atoms with Crippen molar-refractivity contribution in [3.05, 3.63) is 64.7 Å². The number of nitrogens with zero attached hydrogens (tertiary/aromatic N) is 2. The van der Waals surface area contributed by atoms with Gasteiger partial charge in [0.05, 0.1) is 7.11 Å². The molecule has 168 valence electrons. The van der Waals surface area contributed by atoms with Gasteiger partial charge in [-0.25, -0.2) is 13.1 Å². The zero-order valence-electron chi connectivity index (χ0n) is 18.1. The average Bonchev–Trinajstić information content (AvgIpc) is 2.75. The van der Waals surface area contributed by atoms with Gasteiger partial charge in [0.2, 0.25) is 15.9 Å². The summed E-state index contributed by atoms with van der Waals surface area (Å²) in [6.07, 6.45) is 3.05. The maximum atomic E-state index is 12.9. The van der Waals surface area contributed by atoms with Crippen molar-refractivity contribution in [3.63, 3.8) is 0 Å². The number of likely N-dealkylation sites (N-methyl/N-ethyl adjacent to an activating group) is 1. The fourth-order valence-corrected chi connectivity index (χ4v) is 3.84. The van der Waals surface area contributed by atoms with Gasteiger partial charge >= 0.3 is 0 Å². The summed E-state index contributed by atoms with van der Waals surface area (Å²) in [7, 11) is 2.93. The molecular formula is C22H28ClN3O4S. The Morgan fingerprint density at radius 2 is 1.81 bits per heavy atom. The van der Waals surface area contributed by atoms with Crippen LogP contribution in [-0.2, 0) is 21.4 Å². The van der Waals surface area contributed by atoms with Gasteiger partial charge < -0.3 is 14.5 Å². The summed E-state index contributed by atoms with van der Waals surface area (Å²) in [6, 6.07) is 12.1. The van der Waals surface area contributed by atoms with Crippen molar-refractivity contribution in [1.82, 2.24) is 14.5 Å². The van der Waals surface area contributed by atoms with Gasteiger partial charge in [0.25, 0.3) is 0 Å². The maximum Gasteiger partial charge on any atom is 0.246 e. The zero-order chi connectivity index (χ0) is 23.0. The Morgan fingerprint density at radius 3 is 2.39 bits per heavy atom. The van der Waals surface area contributed by atoms with Gasteiger partial charge in [-0.05, 0) is 62.6 Å². The number of sulfonamides is 1. The Kier molecular flexibility index (Phi) is 9.06. The van der Waals surface area contributed by atoms with Gasteiger partial charge in [-0.1, -0.05) is 29.8 Å². The van der Waals surface area contributed by atoms with Crippen molar-refractivity contribution in [3.8, 4) is 5.75 Å². The molecule has 0 unspecified atom stereocenters. The van der Waals surface area contributed by atoms with Crippen molar-refractivity contribution < 1.29 is 17.9 Å². The predicted molar refractivity (Wildman–Crippen MR) is 124 cm³/mol. The quantitative estimate of drug-likeness (QED) is 0.546. The molecule has 1 N–H and O–H groups in total. The second-order valence-corrected chi connectivity index (χ2v) is 9.43. The lowest BCUT2D eigenvalue weighted by molar-refractivity contribution is -0.126. The number of carbonyl (C=O) groups excluding carboxylic acids is 1. The van der Waals surface area contributed by atoms with E-state index in [9.17, 15) is 13.2 Å². The number of carbonyl (C=O) groups is 1. The van der Waals surface area contributed by atoms with E-state index in [1.807, 2.05) is 31.1 Å². The highest BCUT2D eigenvalue weighted by Crippen LogP contribution is 2.25. The number of methoxy groups -OCH3 is 1. The number of ether oxygens (including phenoxy) is 1. The van der Waals surface area contributed by atoms with Crippen LogP contribution in [0, 0.1) is 0 Å². The van der Waals surface area contributed by atoms with Crippen molar-refractivity contribution in [2.24, 2.45) is 0 Å². The SMILES string of the molecule is CNS(=O)(=O)c1cc(/C=C/C(=O)N(CCN(C)C)Cc2ccc(Cl)cc2)ccc1OC. The van der Waals surface area contributed by atoms with E-state index < -0.39 is 10.0 Å². The molecule has 0 saturated carbocycles. The molecular weight excluding hydrogens is 438 g/mol. The number of halogens is 1. The number of nitrogens with one attached hydrogen (secondary N) is 1. The molecule has 0 atom stereocenters. The second kappa shape index (κ2) is 11.3. The first kappa shape index (κ1) is 24.9. The van der Waals surface area contributed by atoms with Gasteiger partial charge in [-0.3, -0.25) is 4.79 Å². The molecule has 0 aliphatic carbocycles. The number of hydrogen-bond donors (Lipinski definition) is 1. The Balaban J connectivity index is 2.25. The molecule has 0 aromatic heterocycles. The number of hydrogen-bond acceptors (Lipinski definition) is 5. The fourth-order valence-electron chi connectivity index (χ4n) is 2.79. The first-order valence-electron chi connectivity index (χ1n) is 9.64. The van der Waals surface area contributed by atoms with Gasteiger partial charge in [0.15, 0.2) is 0 Å². The van der Waals surface area contributed by atoms with Crippen LogP contribution in [0.5, 0.6) is 5.75 Å². The van der Waals surface area contributed by atoms with E-state index >= 15 is 0 Å². The van der Waals surface area contributed by atoms with Gasteiger partial charge in [-0.2, -0.15) is 0 Å². The second-order valence-electron chi connectivity index (χ2n) is 7.14. The molecule has 0 heterocycles. The molecule has 1 amide bonds. The molecule has 9 heteroatoms. The topological polar surface area (TPSA) is 79.0 Å². The molecule has 0 aliphatic rings. The molecule has 31 heavy (non-hydrogen) atoms. The molecule has 2 aromatic rings. The standard InChI is InChI=1S/C22H28ClN3O4S/c1-24-31(28,29)21-15-17(7-11-20(21)30-4)8-12-22(27)26(14-13-25(2)3)16-18-5-9-19(23)10-6-18/h5-12,15,24H,13-14,16H2,1-4H3/b12-8+. The van der Waals surface area contributed by atoms with E-state index in [0.717, 1.165) is 5.56 Å². The summed E-state index contributed by atoms with van der Waals surface area (Å²) in [5.41, 5.74) is 1.54.